The third-order valence-electron chi connectivity index (χ3n) is 2.99. The SMILES string of the molecule is CCCCCNC(=O)CCNc1ccc(NC(C)=O)cc1. The third-order valence-corrected chi connectivity index (χ3v) is 2.99. The fourth-order valence-electron chi connectivity index (χ4n) is 1.89. The van der Waals surface area contributed by atoms with Gasteiger partial charge in [-0.1, -0.05) is 19.8 Å². The predicted molar refractivity (Wildman–Crippen MR) is 86.4 cm³/mol. The van der Waals surface area contributed by atoms with Gasteiger partial charge in [0.25, 0.3) is 0 Å². The summed E-state index contributed by atoms with van der Waals surface area (Å²) >= 11 is 0. The van der Waals surface area contributed by atoms with Crippen molar-refractivity contribution in [1.29, 1.82) is 0 Å². The first-order chi connectivity index (χ1) is 10.1. The highest BCUT2D eigenvalue weighted by Crippen LogP contribution is 2.13. The van der Waals surface area contributed by atoms with Crippen LogP contribution in [0.5, 0.6) is 0 Å². The van der Waals surface area contributed by atoms with E-state index < -0.39 is 0 Å². The lowest BCUT2D eigenvalue weighted by Crippen LogP contribution is -2.26. The minimum Gasteiger partial charge on any atom is -0.385 e. The molecule has 0 atom stereocenters. The predicted octanol–water partition coefficient (Wildman–Crippen LogP) is 2.75. The van der Waals surface area contributed by atoms with Gasteiger partial charge in [0.15, 0.2) is 0 Å². The number of amides is 2. The molecule has 0 saturated heterocycles. The van der Waals surface area contributed by atoms with Gasteiger partial charge in [-0.15, -0.1) is 0 Å². The van der Waals surface area contributed by atoms with Crippen molar-refractivity contribution in [1.82, 2.24) is 5.32 Å². The van der Waals surface area contributed by atoms with Crippen LogP contribution in [0.15, 0.2) is 24.3 Å². The van der Waals surface area contributed by atoms with Crippen LogP contribution < -0.4 is 16.0 Å². The van der Waals surface area contributed by atoms with Gasteiger partial charge in [0.1, 0.15) is 0 Å². The maximum atomic E-state index is 11.6. The zero-order valence-electron chi connectivity index (χ0n) is 12.9. The lowest BCUT2D eigenvalue weighted by Gasteiger charge is -2.08. The van der Waals surface area contributed by atoms with E-state index in [9.17, 15) is 9.59 Å². The monoisotopic (exact) mass is 291 g/mol. The molecular weight excluding hydrogens is 266 g/mol. The fraction of sp³-hybridized carbons (Fsp3) is 0.500. The van der Waals surface area contributed by atoms with Crippen molar-refractivity contribution in [2.75, 3.05) is 23.7 Å². The fourth-order valence-corrected chi connectivity index (χ4v) is 1.89. The summed E-state index contributed by atoms with van der Waals surface area (Å²) in [6.07, 6.45) is 3.81. The van der Waals surface area contributed by atoms with Crippen LogP contribution in [0.3, 0.4) is 0 Å². The van der Waals surface area contributed by atoms with Crippen molar-refractivity contribution in [3.05, 3.63) is 24.3 Å². The van der Waals surface area contributed by atoms with E-state index in [0.29, 0.717) is 13.0 Å². The van der Waals surface area contributed by atoms with Crippen LogP contribution in [0.4, 0.5) is 11.4 Å². The molecule has 0 aliphatic heterocycles. The second-order valence-electron chi connectivity index (χ2n) is 4.99. The van der Waals surface area contributed by atoms with Gasteiger partial charge in [-0.2, -0.15) is 0 Å². The van der Waals surface area contributed by atoms with E-state index in [4.69, 9.17) is 0 Å². The molecule has 0 aromatic heterocycles. The number of benzene rings is 1. The smallest absolute Gasteiger partial charge is 0.221 e. The molecule has 0 fully saturated rings. The highest BCUT2D eigenvalue weighted by Gasteiger charge is 2.00. The first-order valence-electron chi connectivity index (χ1n) is 7.50. The van der Waals surface area contributed by atoms with Crippen molar-refractivity contribution < 1.29 is 9.59 Å². The van der Waals surface area contributed by atoms with Crippen molar-refractivity contribution in [2.24, 2.45) is 0 Å². The number of nitrogens with one attached hydrogen (secondary N) is 3. The van der Waals surface area contributed by atoms with Crippen LogP contribution in [-0.2, 0) is 9.59 Å². The maximum Gasteiger partial charge on any atom is 0.221 e. The summed E-state index contributed by atoms with van der Waals surface area (Å²) in [7, 11) is 0. The van der Waals surface area contributed by atoms with E-state index >= 15 is 0 Å². The molecule has 1 aromatic rings. The zero-order chi connectivity index (χ0) is 15.5. The van der Waals surface area contributed by atoms with Gasteiger partial charge in [-0.25, -0.2) is 0 Å². The molecule has 5 nitrogen and oxygen atoms in total. The van der Waals surface area contributed by atoms with Crippen LogP contribution in [0.25, 0.3) is 0 Å². The van der Waals surface area contributed by atoms with E-state index in [1.54, 1.807) is 0 Å². The third kappa shape index (κ3) is 7.97. The van der Waals surface area contributed by atoms with Gasteiger partial charge in [-0.05, 0) is 30.7 Å². The number of hydrogen-bond acceptors (Lipinski definition) is 3. The molecule has 0 heterocycles. The molecule has 21 heavy (non-hydrogen) atoms. The summed E-state index contributed by atoms with van der Waals surface area (Å²) < 4.78 is 0. The number of unbranched alkanes of at least 4 members (excludes halogenated alkanes) is 2. The van der Waals surface area contributed by atoms with E-state index in [2.05, 4.69) is 22.9 Å². The van der Waals surface area contributed by atoms with E-state index in [1.165, 1.54) is 6.92 Å². The largest absolute Gasteiger partial charge is 0.385 e. The molecule has 1 rings (SSSR count). The second-order valence-corrected chi connectivity index (χ2v) is 4.99. The molecule has 0 radical (unpaired) electrons. The van der Waals surface area contributed by atoms with E-state index in [0.717, 1.165) is 37.2 Å². The van der Waals surface area contributed by atoms with Gasteiger partial charge < -0.3 is 16.0 Å². The molecule has 1 aromatic carbocycles. The molecule has 0 aliphatic rings. The van der Waals surface area contributed by atoms with Gasteiger partial charge in [0.2, 0.25) is 11.8 Å². The Morgan fingerprint density at radius 2 is 1.67 bits per heavy atom. The highest BCUT2D eigenvalue weighted by atomic mass is 16.2. The summed E-state index contributed by atoms with van der Waals surface area (Å²) in [5.41, 5.74) is 1.70. The molecule has 0 aliphatic carbocycles. The molecule has 5 heteroatoms. The Morgan fingerprint density at radius 1 is 1.00 bits per heavy atom. The first kappa shape index (κ1) is 17.0. The molecule has 3 N–H and O–H groups in total. The van der Waals surface area contributed by atoms with Crippen LogP contribution in [-0.4, -0.2) is 24.9 Å². The number of carbonyl (C=O) groups excluding carboxylic acids is 2. The Balaban J connectivity index is 2.20. The average Bonchev–Trinajstić information content (AvgIpc) is 2.45. The first-order valence-corrected chi connectivity index (χ1v) is 7.50. The van der Waals surface area contributed by atoms with Crippen LogP contribution in [0.2, 0.25) is 0 Å². The van der Waals surface area contributed by atoms with Crippen molar-refractivity contribution >= 4 is 23.2 Å². The number of rotatable bonds is 9. The quantitative estimate of drug-likeness (QED) is 0.613. The van der Waals surface area contributed by atoms with Crippen molar-refractivity contribution in [3.63, 3.8) is 0 Å². The molecule has 116 valence electrons. The van der Waals surface area contributed by atoms with E-state index in [1.807, 2.05) is 24.3 Å². The summed E-state index contributed by atoms with van der Waals surface area (Å²) in [6.45, 7) is 4.98. The Kier molecular flexibility index (Phi) is 7.94. The van der Waals surface area contributed by atoms with Gasteiger partial charge in [0.05, 0.1) is 0 Å². The lowest BCUT2D eigenvalue weighted by atomic mass is 10.2. The van der Waals surface area contributed by atoms with Crippen LogP contribution in [0, 0.1) is 0 Å². The minimum absolute atomic E-state index is 0.0773. The summed E-state index contributed by atoms with van der Waals surface area (Å²) in [5.74, 6) is -0.0103. The maximum absolute atomic E-state index is 11.6. The summed E-state index contributed by atoms with van der Waals surface area (Å²) in [4.78, 5) is 22.5. The average molecular weight is 291 g/mol. The Labute approximate surface area is 126 Å². The lowest BCUT2D eigenvalue weighted by molar-refractivity contribution is -0.120. The van der Waals surface area contributed by atoms with Gasteiger partial charge in [0, 0.05) is 37.8 Å². The van der Waals surface area contributed by atoms with Gasteiger partial charge in [-0.3, -0.25) is 9.59 Å². The zero-order valence-corrected chi connectivity index (χ0v) is 12.9. The van der Waals surface area contributed by atoms with Crippen molar-refractivity contribution in [2.45, 2.75) is 39.5 Å². The number of carbonyl (C=O) groups is 2. The number of anilines is 2. The summed E-state index contributed by atoms with van der Waals surface area (Å²) in [5, 5.41) is 8.80. The van der Waals surface area contributed by atoms with Gasteiger partial charge >= 0.3 is 0 Å². The van der Waals surface area contributed by atoms with Crippen LogP contribution in [0.1, 0.15) is 39.5 Å². The molecule has 0 bridgehead atoms. The Bertz CT molecular complexity index is 443. The number of hydrogen-bond donors (Lipinski definition) is 3. The molecular formula is C16H25N3O2. The molecule has 2 amide bonds. The molecule has 0 unspecified atom stereocenters. The molecule has 0 saturated carbocycles. The standard InChI is InChI=1S/C16H25N3O2/c1-3-4-5-11-18-16(21)10-12-17-14-6-8-15(9-7-14)19-13(2)20/h6-9,17H,3-5,10-12H2,1-2H3,(H,18,21)(H,19,20). The Morgan fingerprint density at radius 3 is 2.29 bits per heavy atom. The minimum atomic E-state index is -0.0875. The molecule has 0 spiro atoms. The van der Waals surface area contributed by atoms with Crippen LogP contribution >= 0.6 is 0 Å². The van der Waals surface area contributed by atoms with E-state index in [-0.39, 0.29) is 11.8 Å². The highest BCUT2D eigenvalue weighted by molar-refractivity contribution is 5.88. The second kappa shape index (κ2) is 9.80. The topological polar surface area (TPSA) is 70.2 Å². The Hall–Kier alpha value is -2.04. The summed E-state index contributed by atoms with van der Waals surface area (Å²) in [6, 6.07) is 7.41. The normalized spacial score (nSPS) is 10.0. The van der Waals surface area contributed by atoms with Crippen molar-refractivity contribution in [3.8, 4) is 0 Å².